The molecule has 0 N–H and O–H groups in total. The van der Waals surface area contributed by atoms with Crippen LogP contribution in [0.2, 0.25) is 0 Å². The molecule has 4 aromatic rings. The summed E-state index contributed by atoms with van der Waals surface area (Å²) in [6, 6.07) is 11.4. The molecule has 3 aromatic heterocycles. The number of rotatable bonds is 5. The zero-order chi connectivity index (χ0) is 25.3. The number of nitro benzene ring substituents is 1. The van der Waals surface area contributed by atoms with Crippen LogP contribution in [-0.4, -0.2) is 21.2 Å². The van der Waals surface area contributed by atoms with Gasteiger partial charge in [-0.1, -0.05) is 27.7 Å². The molecule has 0 bridgehead atoms. The first-order valence-corrected chi connectivity index (χ1v) is 11.9. The monoisotopic (exact) mass is 481 g/mol. The Kier molecular flexibility index (Phi) is 9.94. The van der Waals surface area contributed by atoms with Crippen LogP contribution in [0.4, 0.5) is 10.1 Å². The minimum Gasteiger partial charge on any atom is -0.298 e. The molecule has 1 atom stereocenters. The molecule has 0 saturated carbocycles. The summed E-state index contributed by atoms with van der Waals surface area (Å²) in [5, 5.41) is 10.1. The Balaban J connectivity index is 0.000000266. The lowest BCUT2D eigenvalue weighted by molar-refractivity contribution is -0.385. The van der Waals surface area contributed by atoms with Crippen molar-refractivity contribution < 1.29 is 14.1 Å². The molecule has 178 valence electrons. The summed E-state index contributed by atoms with van der Waals surface area (Å²) in [7, 11) is 0. The van der Waals surface area contributed by atoms with Gasteiger partial charge in [-0.05, 0) is 60.7 Å². The Labute approximate surface area is 202 Å². The number of non-ortho nitro benzene ring substituents is 1. The number of nitro groups is 1. The van der Waals surface area contributed by atoms with E-state index in [9.17, 15) is 19.3 Å². The number of benzene rings is 1. The third-order valence-electron chi connectivity index (χ3n) is 5.13. The molecule has 0 saturated heterocycles. The molecule has 0 spiro atoms. The molecule has 1 unspecified atom stereocenters. The summed E-state index contributed by atoms with van der Waals surface area (Å²) in [5.74, 6) is -0.0217. The predicted molar refractivity (Wildman–Crippen MR) is 136 cm³/mol. The molecule has 6 nitrogen and oxygen atoms in total. The number of aldehydes is 1. The summed E-state index contributed by atoms with van der Waals surface area (Å²) < 4.78 is 13.9. The van der Waals surface area contributed by atoms with Gasteiger partial charge in [0.15, 0.2) is 6.29 Å². The summed E-state index contributed by atoms with van der Waals surface area (Å²) in [4.78, 5) is 30.1. The molecule has 8 heteroatoms. The topological polar surface area (TPSA) is 86.0 Å². The standard InChI is InChI=1S/C17H16N2OS.C7H6FNO2.C2H6/c1-3-11(2)13-6-7-18-15-8-16(21-17(13)15)14-5-4-12(10-20)9-19-14;1-5-2-3-6(9(10)11)4-7(5)8;1-2/h4-11H,3H2,1-2H3;2-4H,1H3;1-2H3. The average molecular weight is 482 g/mol. The first-order valence-electron chi connectivity index (χ1n) is 11.0. The fourth-order valence-corrected chi connectivity index (χ4v) is 4.23. The average Bonchev–Trinajstić information content (AvgIpc) is 3.31. The second-order valence-electron chi connectivity index (χ2n) is 7.32. The largest absolute Gasteiger partial charge is 0.298 e. The van der Waals surface area contributed by atoms with E-state index in [0.717, 1.165) is 34.9 Å². The molecule has 0 aliphatic rings. The van der Waals surface area contributed by atoms with Gasteiger partial charge < -0.3 is 0 Å². The van der Waals surface area contributed by atoms with Gasteiger partial charge in [0, 0.05) is 24.0 Å². The summed E-state index contributed by atoms with van der Waals surface area (Å²) in [6.45, 7) is 10.00. The zero-order valence-corrected chi connectivity index (χ0v) is 20.7. The summed E-state index contributed by atoms with van der Waals surface area (Å²) in [5.41, 5.74) is 4.05. The van der Waals surface area contributed by atoms with E-state index in [1.165, 1.54) is 22.4 Å². The highest BCUT2D eigenvalue weighted by atomic mass is 32.1. The number of nitrogens with zero attached hydrogens (tertiary/aromatic N) is 3. The van der Waals surface area contributed by atoms with E-state index in [0.29, 0.717) is 17.0 Å². The number of hydrogen-bond donors (Lipinski definition) is 0. The van der Waals surface area contributed by atoms with E-state index in [1.54, 1.807) is 30.5 Å². The maximum atomic E-state index is 12.6. The van der Waals surface area contributed by atoms with Gasteiger partial charge in [0.1, 0.15) is 5.82 Å². The molecule has 0 fully saturated rings. The van der Waals surface area contributed by atoms with Gasteiger partial charge in [-0.25, -0.2) is 4.39 Å². The van der Waals surface area contributed by atoms with E-state index >= 15 is 0 Å². The zero-order valence-electron chi connectivity index (χ0n) is 19.9. The number of pyridine rings is 2. The van der Waals surface area contributed by atoms with Crippen molar-refractivity contribution in [2.75, 3.05) is 0 Å². The van der Waals surface area contributed by atoms with E-state index in [1.807, 2.05) is 26.1 Å². The second kappa shape index (κ2) is 12.6. The highest BCUT2D eigenvalue weighted by Crippen LogP contribution is 2.36. The van der Waals surface area contributed by atoms with Crippen LogP contribution >= 0.6 is 11.3 Å². The van der Waals surface area contributed by atoms with Crippen LogP contribution in [-0.2, 0) is 0 Å². The summed E-state index contributed by atoms with van der Waals surface area (Å²) >= 11 is 1.72. The lowest BCUT2D eigenvalue weighted by atomic mass is 9.99. The normalized spacial score (nSPS) is 11.0. The number of halogens is 1. The third kappa shape index (κ3) is 6.51. The molecule has 3 heterocycles. The molecule has 0 aliphatic heterocycles. The maximum Gasteiger partial charge on any atom is 0.272 e. The number of hydrogen-bond acceptors (Lipinski definition) is 6. The molecule has 0 amide bonds. The molecule has 0 radical (unpaired) electrons. The van der Waals surface area contributed by atoms with Gasteiger partial charge in [-0.3, -0.25) is 24.9 Å². The Hall–Kier alpha value is -3.52. The van der Waals surface area contributed by atoms with Crippen molar-refractivity contribution in [1.29, 1.82) is 0 Å². The Bertz CT molecular complexity index is 1260. The Morgan fingerprint density at radius 3 is 2.44 bits per heavy atom. The van der Waals surface area contributed by atoms with Crippen LogP contribution in [0.1, 0.15) is 61.5 Å². The lowest BCUT2D eigenvalue weighted by Crippen LogP contribution is -1.91. The van der Waals surface area contributed by atoms with E-state index in [-0.39, 0.29) is 5.69 Å². The first-order chi connectivity index (χ1) is 16.3. The molecule has 34 heavy (non-hydrogen) atoms. The van der Waals surface area contributed by atoms with Crippen LogP contribution in [0, 0.1) is 22.9 Å². The Morgan fingerprint density at radius 2 is 1.88 bits per heavy atom. The number of thiophene rings is 1. The number of aromatic nitrogens is 2. The maximum absolute atomic E-state index is 12.6. The highest BCUT2D eigenvalue weighted by Gasteiger charge is 2.13. The van der Waals surface area contributed by atoms with Gasteiger partial charge >= 0.3 is 0 Å². The molecule has 0 aliphatic carbocycles. The van der Waals surface area contributed by atoms with Crippen LogP contribution in [0.15, 0.2) is 54.9 Å². The number of carbonyl (C=O) groups is 1. The van der Waals surface area contributed by atoms with Gasteiger partial charge in [0.05, 0.1) is 31.8 Å². The minimum absolute atomic E-state index is 0.215. The molecular formula is C26H28FN3O3S. The van der Waals surface area contributed by atoms with E-state index < -0.39 is 10.7 Å². The van der Waals surface area contributed by atoms with Gasteiger partial charge in [0.2, 0.25) is 0 Å². The fraction of sp³-hybridized carbons (Fsp3) is 0.269. The van der Waals surface area contributed by atoms with E-state index in [2.05, 4.69) is 35.9 Å². The van der Waals surface area contributed by atoms with Crippen molar-refractivity contribution in [3.05, 3.63) is 87.5 Å². The predicted octanol–water partition coefficient (Wildman–Crippen LogP) is 7.75. The summed E-state index contributed by atoms with van der Waals surface area (Å²) in [6.07, 6.45) is 5.40. The van der Waals surface area contributed by atoms with E-state index in [4.69, 9.17) is 0 Å². The van der Waals surface area contributed by atoms with Crippen LogP contribution in [0.3, 0.4) is 0 Å². The fourth-order valence-electron chi connectivity index (χ4n) is 3.01. The minimum atomic E-state index is -0.622. The molecular weight excluding hydrogens is 453 g/mol. The van der Waals surface area contributed by atoms with Crippen molar-refractivity contribution >= 4 is 33.5 Å². The molecule has 1 aromatic carbocycles. The third-order valence-corrected chi connectivity index (χ3v) is 6.32. The second-order valence-corrected chi connectivity index (χ2v) is 8.37. The van der Waals surface area contributed by atoms with Crippen LogP contribution < -0.4 is 0 Å². The van der Waals surface area contributed by atoms with Gasteiger partial charge in [-0.15, -0.1) is 11.3 Å². The number of fused-ring (bicyclic) bond motifs is 1. The number of carbonyl (C=O) groups excluding carboxylic acids is 1. The lowest BCUT2D eigenvalue weighted by Gasteiger charge is -2.08. The smallest absolute Gasteiger partial charge is 0.272 e. The van der Waals surface area contributed by atoms with Crippen molar-refractivity contribution in [2.45, 2.75) is 47.0 Å². The van der Waals surface area contributed by atoms with Gasteiger partial charge in [0.25, 0.3) is 5.69 Å². The quantitative estimate of drug-likeness (QED) is 0.165. The van der Waals surface area contributed by atoms with Crippen molar-refractivity contribution in [3.8, 4) is 10.6 Å². The van der Waals surface area contributed by atoms with Crippen molar-refractivity contribution in [1.82, 2.24) is 9.97 Å². The van der Waals surface area contributed by atoms with Crippen molar-refractivity contribution in [3.63, 3.8) is 0 Å². The van der Waals surface area contributed by atoms with Crippen LogP contribution in [0.5, 0.6) is 0 Å². The first kappa shape index (κ1) is 26.7. The number of aryl methyl sites for hydroxylation is 1. The van der Waals surface area contributed by atoms with Gasteiger partial charge in [-0.2, -0.15) is 0 Å². The molecule has 4 rings (SSSR count). The Morgan fingerprint density at radius 1 is 1.15 bits per heavy atom. The SMILES string of the molecule is CC.CCC(C)c1ccnc2cc(-c3ccc(C=O)cn3)sc12.Cc1ccc([N+](=O)[O-])cc1F. The van der Waals surface area contributed by atoms with Crippen molar-refractivity contribution in [2.24, 2.45) is 0 Å². The highest BCUT2D eigenvalue weighted by molar-refractivity contribution is 7.22. The van der Waals surface area contributed by atoms with Crippen LogP contribution in [0.25, 0.3) is 20.8 Å².